The molecule has 122 valence electrons. The van der Waals surface area contributed by atoms with Crippen LogP contribution in [0.4, 0.5) is 4.79 Å². The maximum atomic E-state index is 11.5. The van der Waals surface area contributed by atoms with Gasteiger partial charge >= 0.3 is 6.09 Å². The summed E-state index contributed by atoms with van der Waals surface area (Å²) in [6.07, 6.45) is 2.49. The molecule has 0 radical (unpaired) electrons. The van der Waals surface area contributed by atoms with Crippen LogP contribution in [0, 0.1) is 5.92 Å². The third kappa shape index (κ3) is 4.47. The molecule has 4 heteroatoms. The molecule has 0 saturated heterocycles. The fraction of sp³-hybridized carbons (Fsp3) is 0.611. The number of rotatable bonds is 5. The van der Waals surface area contributed by atoms with Crippen molar-refractivity contribution in [3.05, 3.63) is 35.9 Å². The molecule has 2 atom stereocenters. The van der Waals surface area contributed by atoms with Gasteiger partial charge in [0.15, 0.2) is 0 Å². The minimum Gasteiger partial charge on any atom is -0.465 e. The summed E-state index contributed by atoms with van der Waals surface area (Å²) in [7, 11) is 0. The Morgan fingerprint density at radius 2 is 1.95 bits per heavy atom. The molecule has 0 heterocycles. The van der Waals surface area contributed by atoms with E-state index in [1.165, 1.54) is 5.56 Å². The van der Waals surface area contributed by atoms with Crippen LogP contribution in [0.25, 0.3) is 0 Å². The SMILES string of the molecule is CC(C)(C)N(C[C@@H]1CCC[C@@H]1OCc1ccccc1)C(=O)O. The Kier molecular flexibility index (Phi) is 5.46. The van der Waals surface area contributed by atoms with Crippen LogP contribution in [-0.4, -0.2) is 34.3 Å². The Morgan fingerprint density at radius 1 is 1.27 bits per heavy atom. The first-order chi connectivity index (χ1) is 10.4. The van der Waals surface area contributed by atoms with Gasteiger partial charge in [-0.05, 0) is 39.2 Å². The number of hydrogen-bond donors (Lipinski definition) is 1. The second-order valence-electron chi connectivity index (χ2n) is 7.09. The Hall–Kier alpha value is -1.55. The molecule has 1 fully saturated rings. The predicted octanol–water partition coefficient (Wildman–Crippen LogP) is 4.15. The van der Waals surface area contributed by atoms with E-state index in [2.05, 4.69) is 12.1 Å². The van der Waals surface area contributed by atoms with E-state index in [1.54, 1.807) is 4.90 Å². The van der Waals surface area contributed by atoms with Crippen molar-refractivity contribution in [2.24, 2.45) is 5.92 Å². The third-order valence-electron chi connectivity index (χ3n) is 4.35. The summed E-state index contributed by atoms with van der Waals surface area (Å²) in [6, 6.07) is 10.1. The van der Waals surface area contributed by atoms with E-state index < -0.39 is 6.09 Å². The van der Waals surface area contributed by atoms with Crippen LogP contribution in [-0.2, 0) is 11.3 Å². The maximum absolute atomic E-state index is 11.5. The van der Waals surface area contributed by atoms with Gasteiger partial charge in [-0.2, -0.15) is 0 Å². The first-order valence-corrected chi connectivity index (χ1v) is 8.04. The van der Waals surface area contributed by atoms with Crippen molar-refractivity contribution in [1.82, 2.24) is 4.90 Å². The van der Waals surface area contributed by atoms with Gasteiger partial charge < -0.3 is 14.7 Å². The van der Waals surface area contributed by atoms with Crippen LogP contribution in [0.3, 0.4) is 0 Å². The summed E-state index contributed by atoms with van der Waals surface area (Å²) in [4.78, 5) is 13.0. The van der Waals surface area contributed by atoms with Crippen molar-refractivity contribution >= 4 is 6.09 Å². The van der Waals surface area contributed by atoms with Crippen LogP contribution in [0.15, 0.2) is 30.3 Å². The topological polar surface area (TPSA) is 49.8 Å². The van der Waals surface area contributed by atoms with Gasteiger partial charge in [0, 0.05) is 18.0 Å². The molecule has 0 bridgehead atoms. The fourth-order valence-corrected chi connectivity index (χ4v) is 3.08. The van der Waals surface area contributed by atoms with Gasteiger partial charge in [0.2, 0.25) is 0 Å². The molecule has 22 heavy (non-hydrogen) atoms. The summed E-state index contributed by atoms with van der Waals surface area (Å²) >= 11 is 0. The molecule has 0 unspecified atom stereocenters. The molecule has 1 saturated carbocycles. The zero-order chi connectivity index (χ0) is 16.2. The zero-order valence-electron chi connectivity index (χ0n) is 13.8. The first kappa shape index (κ1) is 16.8. The number of carbonyl (C=O) groups is 1. The van der Waals surface area contributed by atoms with E-state index >= 15 is 0 Å². The van der Waals surface area contributed by atoms with Gasteiger partial charge in [0.05, 0.1) is 12.7 Å². The Morgan fingerprint density at radius 3 is 2.55 bits per heavy atom. The molecule has 1 aliphatic carbocycles. The predicted molar refractivity (Wildman–Crippen MR) is 86.8 cm³/mol. The molecular weight excluding hydrogens is 278 g/mol. The van der Waals surface area contributed by atoms with Crippen LogP contribution in [0.5, 0.6) is 0 Å². The highest BCUT2D eigenvalue weighted by Gasteiger charge is 2.34. The summed E-state index contributed by atoms with van der Waals surface area (Å²) < 4.78 is 6.08. The molecule has 1 aliphatic rings. The Bertz CT molecular complexity index is 481. The lowest BCUT2D eigenvalue weighted by molar-refractivity contribution is -0.00153. The minimum absolute atomic E-state index is 0.157. The van der Waals surface area contributed by atoms with Crippen molar-refractivity contribution in [2.45, 2.75) is 58.3 Å². The molecule has 0 aliphatic heterocycles. The summed E-state index contributed by atoms with van der Waals surface area (Å²) in [5.41, 5.74) is 0.789. The van der Waals surface area contributed by atoms with E-state index in [0.717, 1.165) is 19.3 Å². The highest BCUT2D eigenvalue weighted by Crippen LogP contribution is 2.31. The van der Waals surface area contributed by atoms with Crippen molar-refractivity contribution in [2.75, 3.05) is 6.54 Å². The summed E-state index contributed by atoms with van der Waals surface area (Å²) in [5, 5.41) is 9.45. The molecule has 1 N–H and O–H groups in total. The molecule has 1 aromatic carbocycles. The lowest BCUT2D eigenvalue weighted by atomic mass is 10.0. The molecule has 1 aromatic rings. The third-order valence-corrected chi connectivity index (χ3v) is 4.35. The lowest BCUT2D eigenvalue weighted by Crippen LogP contribution is -2.48. The van der Waals surface area contributed by atoms with Crippen LogP contribution in [0.1, 0.15) is 45.6 Å². The van der Waals surface area contributed by atoms with Gasteiger partial charge in [0.1, 0.15) is 0 Å². The zero-order valence-corrected chi connectivity index (χ0v) is 13.8. The number of amides is 1. The van der Waals surface area contributed by atoms with Gasteiger partial charge in [0.25, 0.3) is 0 Å². The van der Waals surface area contributed by atoms with E-state index in [0.29, 0.717) is 19.1 Å². The van der Waals surface area contributed by atoms with Crippen molar-refractivity contribution in [3.8, 4) is 0 Å². The van der Waals surface area contributed by atoms with E-state index in [1.807, 2.05) is 39.0 Å². The maximum Gasteiger partial charge on any atom is 0.407 e. The number of hydrogen-bond acceptors (Lipinski definition) is 2. The number of benzene rings is 1. The smallest absolute Gasteiger partial charge is 0.407 e. The van der Waals surface area contributed by atoms with Gasteiger partial charge in [-0.25, -0.2) is 4.79 Å². The monoisotopic (exact) mass is 305 g/mol. The molecule has 4 nitrogen and oxygen atoms in total. The number of nitrogens with zero attached hydrogens (tertiary/aromatic N) is 1. The van der Waals surface area contributed by atoms with Crippen LogP contribution < -0.4 is 0 Å². The second kappa shape index (κ2) is 7.14. The highest BCUT2D eigenvalue weighted by atomic mass is 16.5. The van der Waals surface area contributed by atoms with Crippen molar-refractivity contribution < 1.29 is 14.6 Å². The number of carboxylic acid groups (broad SMARTS) is 1. The molecular formula is C18H27NO3. The second-order valence-corrected chi connectivity index (χ2v) is 7.09. The van der Waals surface area contributed by atoms with Gasteiger partial charge in [-0.15, -0.1) is 0 Å². The van der Waals surface area contributed by atoms with Gasteiger partial charge in [-0.1, -0.05) is 36.8 Å². The first-order valence-electron chi connectivity index (χ1n) is 8.04. The normalized spacial score (nSPS) is 21.8. The Labute approximate surface area is 133 Å². The fourth-order valence-electron chi connectivity index (χ4n) is 3.08. The Balaban J connectivity index is 1.94. The molecule has 2 rings (SSSR count). The van der Waals surface area contributed by atoms with Gasteiger partial charge in [-0.3, -0.25) is 0 Å². The van der Waals surface area contributed by atoms with Crippen LogP contribution >= 0.6 is 0 Å². The van der Waals surface area contributed by atoms with Crippen LogP contribution in [0.2, 0.25) is 0 Å². The van der Waals surface area contributed by atoms with Crippen molar-refractivity contribution in [1.29, 1.82) is 0 Å². The minimum atomic E-state index is -0.846. The number of ether oxygens (including phenoxy) is 1. The van der Waals surface area contributed by atoms with E-state index in [9.17, 15) is 9.90 Å². The molecule has 1 amide bonds. The highest BCUT2D eigenvalue weighted by molar-refractivity contribution is 5.66. The average Bonchev–Trinajstić information content (AvgIpc) is 2.89. The van der Waals surface area contributed by atoms with E-state index in [-0.39, 0.29) is 11.6 Å². The molecule has 0 spiro atoms. The quantitative estimate of drug-likeness (QED) is 0.889. The van der Waals surface area contributed by atoms with Crippen molar-refractivity contribution in [3.63, 3.8) is 0 Å². The summed E-state index contributed by atoms with van der Waals surface area (Å²) in [6.45, 7) is 6.98. The van der Waals surface area contributed by atoms with E-state index in [4.69, 9.17) is 4.74 Å². The molecule has 0 aromatic heterocycles. The largest absolute Gasteiger partial charge is 0.465 e. The standard InChI is InChI=1S/C18H27NO3/c1-18(2,3)19(17(20)21)12-15-10-7-11-16(15)22-13-14-8-5-4-6-9-14/h4-6,8-9,15-16H,7,10-13H2,1-3H3,(H,20,21)/t15-,16-/m0/s1. The lowest BCUT2D eigenvalue weighted by Gasteiger charge is -2.36. The average molecular weight is 305 g/mol. The summed E-state index contributed by atoms with van der Waals surface area (Å²) in [5.74, 6) is 0.291.